The van der Waals surface area contributed by atoms with Gasteiger partial charge in [-0.15, -0.1) is 0 Å². The molecule has 0 aliphatic carbocycles. The number of para-hydroxylation sites is 2. The first-order valence-electron chi connectivity index (χ1n) is 9.41. The lowest BCUT2D eigenvalue weighted by atomic mass is 10.0. The molecule has 132 valence electrons. The highest BCUT2D eigenvalue weighted by Crippen LogP contribution is 2.37. The summed E-state index contributed by atoms with van der Waals surface area (Å²) in [7, 11) is 0. The molecule has 1 heterocycles. The third kappa shape index (κ3) is 2.18. The van der Waals surface area contributed by atoms with Gasteiger partial charge >= 0.3 is 0 Å². The van der Waals surface area contributed by atoms with Crippen molar-refractivity contribution in [2.75, 3.05) is 0 Å². The van der Waals surface area contributed by atoms with Crippen LogP contribution in [0.15, 0.2) is 102 Å². The summed E-state index contributed by atoms with van der Waals surface area (Å²) < 4.78 is 3.48. The Labute approximate surface area is 171 Å². The summed E-state index contributed by atoms with van der Waals surface area (Å²) >= 11 is 3.78. The van der Waals surface area contributed by atoms with Gasteiger partial charge in [0.05, 0.1) is 11.0 Å². The molecule has 6 aromatic rings. The molecule has 0 unspecified atom stereocenters. The second-order valence-corrected chi connectivity index (χ2v) is 8.04. The predicted molar refractivity (Wildman–Crippen MR) is 123 cm³/mol. The van der Waals surface area contributed by atoms with E-state index in [1.807, 2.05) is 0 Å². The average Bonchev–Trinajstić information content (AvgIpc) is 3.09. The fourth-order valence-electron chi connectivity index (χ4n) is 4.38. The number of nitrogens with zero attached hydrogens (tertiary/aromatic N) is 1. The molecule has 2 heteroatoms. The van der Waals surface area contributed by atoms with E-state index < -0.39 is 0 Å². The van der Waals surface area contributed by atoms with E-state index in [0.717, 1.165) is 4.47 Å². The molecule has 0 spiro atoms. The van der Waals surface area contributed by atoms with Gasteiger partial charge in [0.15, 0.2) is 0 Å². The molecule has 28 heavy (non-hydrogen) atoms. The van der Waals surface area contributed by atoms with Crippen LogP contribution in [0.1, 0.15) is 0 Å². The Hall–Kier alpha value is -3.10. The van der Waals surface area contributed by atoms with Crippen LogP contribution in [0, 0.1) is 0 Å². The number of benzene rings is 5. The van der Waals surface area contributed by atoms with E-state index in [4.69, 9.17) is 0 Å². The van der Waals surface area contributed by atoms with Crippen molar-refractivity contribution >= 4 is 59.3 Å². The molecule has 0 bridgehead atoms. The third-order valence-corrected chi connectivity index (χ3v) is 6.27. The molecule has 1 nitrogen and oxygen atoms in total. The first kappa shape index (κ1) is 15.9. The van der Waals surface area contributed by atoms with E-state index in [2.05, 4.69) is 118 Å². The summed E-state index contributed by atoms with van der Waals surface area (Å²) in [5.74, 6) is 0. The number of hydrogen-bond donors (Lipinski definition) is 0. The number of hydrogen-bond acceptors (Lipinski definition) is 0. The summed E-state index contributed by atoms with van der Waals surface area (Å²) in [6, 6.07) is 34.9. The number of halogens is 1. The van der Waals surface area contributed by atoms with Crippen LogP contribution in [-0.4, -0.2) is 4.57 Å². The molecule has 0 radical (unpaired) electrons. The van der Waals surface area contributed by atoms with Gasteiger partial charge in [0.2, 0.25) is 0 Å². The molecular formula is C26H16BrN. The summed E-state index contributed by atoms with van der Waals surface area (Å²) in [6.45, 7) is 0. The topological polar surface area (TPSA) is 4.93 Å². The van der Waals surface area contributed by atoms with Crippen molar-refractivity contribution in [3.8, 4) is 5.69 Å². The van der Waals surface area contributed by atoms with Gasteiger partial charge < -0.3 is 4.57 Å². The van der Waals surface area contributed by atoms with Crippen LogP contribution < -0.4 is 0 Å². The average molecular weight is 422 g/mol. The molecule has 1 aromatic heterocycles. The smallest absolute Gasteiger partial charge is 0.0683 e. The van der Waals surface area contributed by atoms with Gasteiger partial charge in [0, 0.05) is 20.9 Å². The second kappa shape index (κ2) is 5.95. The van der Waals surface area contributed by atoms with Crippen molar-refractivity contribution in [2.24, 2.45) is 0 Å². The molecule has 5 aromatic carbocycles. The Morgan fingerprint density at radius 3 is 2.18 bits per heavy atom. The Morgan fingerprint density at radius 1 is 0.536 bits per heavy atom. The van der Waals surface area contributed by atoms with E-state index in [0.29, 0.717) is 0 Å². The van der Waals surface area contributed by atoms with E-state index in [1.54, 1.807) is 0 Å². The Kier molecular flexibility index (Phi) is 3.38. The molecule has 0 saturated carbocycles. The molecule has 0 atom stereocenters. The lowest BCUT2D eigenvalue weighted by Crippen LogP contribution is -1.94. The lowest BCUT2D eigenvalue weighted by Gasteiger charge is -2.11. The molecular weight excluding hydrogens is 406 g/mol. The summed E-state index contributed by atoms with van der Waals surface area (Å²) in [5.41, 5.74) is 3.62. The zero-order valence-corrected chi connectivity index (χ0v) is 16.6. The largest absolute Gasteiger partial charge is 0.308 e. The molecule has 0 N–H and O–H groups in total. The molecule has 0 saturated heterocycles. The third-order valence-electron chi connectivity index (χ3n) is 5.63. The minimum atomic E-state index is 1.11. The van der Waals surface area contributed by atoms with Gasteiger partial charge in [0.25, 0.3) is 0 Å². The minimum Gasteiger partial charge on any atom is -0.308 e. The number of rotatable bonds is 1. The van der Waals surface area contributed by atoms with Gasteiger partial charge in [-0.25, -0.2) is 0 Å². The van der Waals surface area contributed by atoms with E-state index in [9.17, 15) is 0 Å². The highest BCUT2D eigenvalue weighted by molar-refractivity contribution is 9.10. The normalized spacial score (nSPS) is 11.8. The maximum absolute atomic E-state index is 3.78. The zero-order chi connectivity index (χ0) is 18.7. The summed E-state index contributed by atoms with van der Waals surface area (Å²) in [4.78, 5) is 0. The minimum absolute atomic E-state index is 1.11. The van der Waals surface area contributed by atoms with Crippen LogP contribution in [0.5, 0.6) is 0 Å². The second-order valence-electron chi connectivity index (χ2n) is 7.18. The SMILES string of the molecule is Brc1cccc2c3ccccc3n(-c3ccc4c(ccc5ccccc54)c3)c12. The fraction of sp³-hybridized carbons (Fsp3) is 0. The van der Waals surface area contributed by atoms with Gasteiger partial charge in [-0.3, -0.25) is 0 Å². The quantitative estimate of drug-likeness (QED) is 0.238. The van der Waals surface area contributed by atoms with Crippen molar-refractivity contribution in [1.29, 1.82) is 0 Å². The predicted octanol–water partition coefficient (Wildman–Crippen LogP) is 7.85. The molecule has 0 amide bonds. The Balaban J connectivity index is 1.73. The first-order valence-corrected chi connectivity index (χ1v) is 10.2. The van der Waals surface area contributed by atoms with Crippen molar-refractivity contribution in [2.45, 2.75) is 0 Å². The Morgan fingerprint density at radius 2 is 1.25 bits per heavy atom. The monoisotopic (exact) mass is 421 g/mol. The van der Waals surface area contributed by atoms with Gasteiger partial charge in [-0.2, -0.15) is 0 Å². The van der Waals surface area contributed by atoms with Crippen molar-refractivity contribution in [3.05, 3.63) is 102 Å². The first-order chi connectivity index (χ1) is 13.8. The highest BCUT2D eigenvalue weighted by atomic mass is 79.9. The van der Waals surface area contributed by atoms with Crippen LogP contribution in [0.2, 0.25) is 0 Å². The van der Waals surface area contributed by atoms with Crippen LogP contribution in [0.25, 0.3) is 49.0 Å². The maximum Gasteiger partial charge on any atom is 0.0683 e. The summed E-state index contributed by atoms with van der Waals surface area (Å²) in [5, 5.41) is 7.68. The van der Waals surface area contributed by atoms with Gasteiger partial charge in [0.1, 0.15) is 0 Å². The van der Waals surface area contributed by atoms with Crippen molar-refractivity contribution in [3.63, 3.8) is 0 Å². The molecule has 0 fully saturated rings. The van der Waals surface area contributed by atoms with Crippen LogP contribution >= 0.6 is 15.9 Å². The van der Waals surface area contributed by atoms with E-state index in [-0.39, 0.29) is 0 Å². The van der Waals surface area contributed by atoms with Crippen molar-refractivity contribution in [1.82, 2.24) is 4.57 Å². The maximum atomic E-state index is 3.78. The number of aromatic nitrogens is 1. The van der Waals surface area contributed by atoms with Crippen LogP contribution in [-0.2, 0) is 0 Å². The van der Waals surface area contributed by atoms with Gasteiger partial charge in [-0.05, 0) is 61.7 Å². The van der Waals surface area contributed by atoms with Crippen LogP contribution in [0.4, 0.5) is 0 Å². The lowest BCUT2D eigenvalue weighted by molar-refractivity contribution is 1.18. The molecule has 0 aliphatic heterocycles. The fourth-order valence-corrected chi connectivity index (χ4v) is 4.93. The highest BCUT2D eigenvalue weighted by Gasteiger charge is 2.14. The van der Waals surface area contributed by atoms with E-state index >= 15 is 0 Å². The van der Waals surface area contributed by atoms with E-state index in [1.165, 1.54) is 49.0 Å². The van der Waals surface area contributed by atoms with Crippen LogP contribution in [0.3, 0.4) is 0 Å². The Bertz CT molecular complexity index is 1520. The van der Waals surface area contributed by atoms with Crippen molar-refractivity contribution < 1.29 is 0 Å². The molecule has 0 aliphatic rings. The molecule has 6 rings (SSSR count). The summed E-state index contributed by atoms with van der Waals surface area (Å²) in [6.07, 6.45) is 0. The number of fused-ring (bicyclic) bond motifs is 6. The van der Waals surface area contributed by atoms with Gasteiger partial charge in [-0.1, -0.05) is 72.8 Å². The zero-order valence-electron chi connectivity index (χ0n) is 15.1. The standard InChI is InChI=1S/C26H16BrN/c27-24-10-5-9-23-22-8-3-4-11-25(22)28(26(23)24)19-14-15-21-18(16-19)13-12-17-6-1-2-7-20(17)21/h1-16H.